The summed E-state index contributed by atoms with van der Waals surface area (Å²) in [6.45, 7) is 1.00. The van der Waals surface area contributed by atoms with Crippen molar-refractivity contribution in [3.8, 4) is 5.75 Å². The summed E-state index contributed by atoms with van der Waals surface area (Å²) in [5.74, 6) is -0.838. The second-order valence-corrected chi connectivity index (χ2v) is 6.95. The summed E-state index contributed by atoms with van der Waals surface area (Å²) in [4.78, 5) is 38.7. The predicted molar refractivity (Wildman–Crippen MR) is 96.4 cm³/mol. The van der Waals surface area contributed by atoms with Crippen LogP contribution < -0.4 is 4.74 Å². The van der Waals surface area contributed by atoms with Crippen molar-refractivity contribution < 1.29 is 23.9 Å². The summed E-state index contributed by atoms with van der Waals surface area (Å²) in [6.07, 6.45) is 1.45. The van der Waals surface area contributed by atoms with Gasteiger partial charge in [0.15, 0.2) is 0 Å². The highest BCUT2D eigenvalue weighted by Crippen LogP contribution is 2.23. The molecule has 2 aromatic rings. The van der Waals surface area contributed by atoms with Crippen molar-refractivity contribution >= 4 is 29.2 Å². The molecule has 1 aliphatic heterocycles. The van der Waals surface area contributed by atoms with Crippen LogP contribution in [0.4, 0.5) is 0 Å². The highest BCUT2D eigenvalue weighted by Gasteiger charge is 2.30. The first-order valence-corrected chi connectivity index (χ1v) is 9.19. The molecule has 1 atom stereocenters. The molecule has 1 unspecified atom stereocenters. The molecule has 1 saturated heterocycles. The number of nitrogens with zero attached hydrogens (tertiary/aromatic N) is 1. The first-order valence-electron chi connectivity index (χ1n) is 8.31. The van der Waals surface area contributed by atoms with Crippen molar-refractivity contribution in [2.24, 2.45) is 5.92 Å². The number of hydrogen-bond donors (Lipinski definition) is 0. The Labute approximate surface area is 155 Å². The summed E-state index contributed by atoms with van der Waals surface area (Å²) in [6, 6.07) is 9.83. The Kier molecular flexibility index (Phi) is 5.68. The molecule has 1 aromatic carbocycles. The van der Waals surface area contributed by atoms with Gasteiger partial charge in [-0.25, -0.2) is 4.79 Å². The van der Waals surface area contributed by atoms with Crippen molar-refractivity contribution in [1.82, 2.24) is 4.90 Å². The number of amides is 1. The van der Waals surface area contributed by atoms with Gasteiger partial charge < -0.3 is 14.4 Å². The van der Waals surface area contributed by atoms with Crippen LogP contribution in [0.2, 0.25) is 0 Å². The molecule has 0 radical (unpaired) electrons. The van der Waals surface area contributed by atoms with Gasteiger partial charge in [0, 0.05) is 13.1 Å². The van der Waals surface area contributed by atoms with Crippen LogP contribution in [0.15, 0.2) is 41.8 Å². The number of thiophene rings is 1. The molecule has 0 aliphatic carbocycles. The van der Waals surface area contributed by atoms with Gasteiger partial charge in [0.25, 0.3) is 5.91 Å². The van der Waals surface area contributed by atoms with Crippen LogP contribution in [0.3, 0.4) is 0 Å². The highest BCUT2D eigenvalue weighted by atomic mass is 32.1. The van der Waals surface area contributed by atoms with Crippen molar-refractivity contribution in [1.29, 1.82) is 0 Å². The lowest BCUT2D eigenvalue weighted by atomic mass is 9.98. The number of hydrogen-bond acceptors (Lipinski definition) is 6. The fraction of sp³-hybridized carbons (Fsp3) is 0.316. The molecule has 1 fully saturated rings. The molecule has 0 saturated carbocycles. The highest BCUT2D eigenvalue weighted by molar-refractivity contribution is 7.12. The molecule has 0 spiro atoms. The number of rotatable bonds is 4. The monoisotopic (exact) mass is 373 g/mol. The lowest BCUT2D eigenvalue weighted by molar-refractivity contribution is -0.140. The minimum atomic E-state index is -0.446. The molecule has 1 amide bonds. The van der Waals surface area contributed by atoms with Crippen LogP contribution in [0.1, 0.15) is 32.9 Å². The molecule has 136 valence electrons. The Hall–Kier alpha value is -2.67. The number of piperidine rings is 1. The lowest BCUT2D eigenvalue weighted by Gasteiger charge is -2.31. The van der Waals surface area contributed by atoms with E-state index in [9.17, 15) is 14.4 Å². The van der Waals surface area contributed by atoms with Gasteiger partial charge in [-0.05, 0) is 48.6 Å². The largest absolute Gasteiger partial charge is 0.465 e. The molecule has 0 N–H and O–H groups in total. The molecule has 3 rings (SSSR count). The molecular weight excluding hydrogens is 354 g/mol. The predicted octanol–water partition coefficient (Wildman–Crippen LogP) is 2.99. The quantitative estimate of drug-likeness (QED) is 0.608. The second kappa shape index (κ2) is 8.14. The average molecular weight is 373 g/mol. The number of benzene rings is 1. The van der Waals surface area contributed by atoms with E-state index in [0.29, 0.717) is 35.7 Å². The number of esters is 2. The van der Waals surface area contributed by atoms with Gasteiger partial charge >= 0.3 is 11.9 Å². The maximum absolute atomic E-state index is 12.5. The van der Waals surface area contributed by atoms with Crippen LogP contribution in [0, 0.1) is 5.92 Å². The number of likely N-dealkylation sites (tertiary alicyclic amines) is 1. The van der Waals surface area contributed by atoms with E-state index < -0.39 is 5.97 Å². The summed E-state index contributed by atoms with van der Waals surface area (Å²) in [5.41, 5.74) is 0.387. The minimum Gasteiger partial charge on any atom is -0.465 e. The van der Waals surface area contributed by atoms with Crippen molar-refractivity contribution in [2.45, 2.75) is 12.8 Å². The lowest BCUT2D eigenvalue weighted by Crippen LogP contribution is -2.43. The summed E-state index contributed by atoms with van der Waals surface area (Å²) in [5, 5.41) is 1.86. The van der Waals surface area contributed by atoms with Gasteiger partial charge in [-0.2, -0.15) is 0 Å². The van der Waals surface area contributed by atoms with Crippen LogP contribution >= 0.6 is 11.3 Å². The van der Waals surface area contributed by atoms with Crippen LogP contribution in [0.25, 0.3) is 0 Å². The van der Waals surface area contributed by atoms with Gasteiger partial charge in [0.1, 0.15) is 5.75 Å². The van der Waals surface area contributed by atoms with Gasteiger partial charge in [-0.3, -0.25) is 9.59 Å². The Morgan fingerprint density at radius 3 is 2.58 bits per heavy atom. The molecule has 1 aliphatic rings. The number of carbonyl (C=O) groups is 3. The van der Waals surface area contributed by atoms with Crippen molar-refractivity contribution in [3.05, 3.63) is 52.2 Å². The standard InChI is InChI=1S/C19H19NO5S/c1-24-18(22)13-6-8-15(9-7-13)25-19(23)14-4-2-10-20(12-14)17(21)16-5-3-11-26-16/h3,5-9,11,14H,2,4,10,12H2,1H3. The fourth-order valence-corrected chi connectivity index (χ4v) is 3.58. The van der Waals surface area contributed by atoms with Gasteiger partial charge in [0.2, 0.25) is 0 Å². The van der Waals surface area contributed by atoms with E-state index >= 15 is 0 Å². The van der Waals surface area contributed by atoms with Crippen molar-refractivity contribution in [2.75, 3.05) is 20.2 Å². The van der Waals surface area contributed by atoms with Gasteiger partial charge in [-0.15, -0.1) is 11.3 Å². The van der Waals surface area contributed by atoms with E-state index in [1.54, 1.807) is 35.2 Å². The molecule has 2 heterocycles. The zero-order valence-corrected chi connectivity index (χ0v) is 15.2. The molecular formula is C19H19NO5S. The first kappa shape index (κ1) is 18.1. The molecule has 7 heteroatoms. The maximum atomic E-state index is 12.5. The normalized spacial score (nSPS) is 16.8. The fourth-order valence-electron chi connectivity index (χ4n) is 2.89. The maximum Gasteiger partial charge on any atom is 0.337 e. The van der Waals surface area contributed by atoms with E-state index in [1.807, 2.05) is 11.4 Å². The molecule has 0 bridgehead atoms. The Balaban J connectivity index is 1.60. The summed E-state index contributed by atoms with van der Waals surface area (Å²) < 4.78 is 10.0. The third-order valence-electron chi connectivity index (χ3n) is 4.27. The van der Waals surface area contributed by atoms with E-state index in [-0.39, 0.29) is 17.8 Å². The van der Waals surface area contributed by atoms with E-state index in [4.69, 9.17) is 4.74 Å². The Bertz CT molecular complexity index is 785. The zero-order chi connectivity index (χ0) is 18.5. The first-order chi connectivity index (χ1) is 12.6. The molecule has 26 heavy (non-hydrogen) atoms. The van der Waals surface area contributed by atoms with E-state index in [0.717, 1.165) is 6.42 Å². The number of carbonyl (C=O) groups excluding carboxylic acids is 3. The number of methoxy groups -OCH3 is 1. The number of ether oxygens (including phenoxy) is 2. The van der Waals surface area contributed by atoms with Crippen molar-refractivity contribution in [3.63, 3.8) is 0 Å². The van der Waals surface area contributed by atoms with Crippen LogP contribution in [-0.4, -0.2) is 42.9 Å². The topological polar surface area (TPSA) is 72.9 Å². The van der Waals surface area contributed by atoms with E-state index in [1.165, 1.54) is 18.4 Å². The smallest absolute Gasteiger partial charge is 0.337 e. The van der Waals surface area contributed by atoms with Gasteiger partial charge in [0.05, 0.1) is 23.5 Å². The van der Waals surface area contributed by atoms with Crippen LogP contribution in [0.5, 0.6) is 5.75 Å². The SMILES string of the molecule is COC(=O)c1ccc(OC(=O)C2CCCN(C(=O)c3cccs3)C2)cc1. The second-order valence-electron chi connectivity index (χ2n) is 6.00. The van der Waals surface area contributed by atoms with E-state index in [2.05, 4.69) is 4.74 Å². The third kappa shape index (κ3) is 4.11. The van der Waals surface area contributed by atoms with Crippen LogP contribution in [-0.2, 0) is 9.53 Å². The summed E-state index contributed by atoms with van der Waals surface area (Å²) in [7, 11) is 1.31. The molecule has 1 aromatic heterocycles. The zero-order valence-electron chi connectivity index (χ0n) is 14.3. The van der Waals surface area contributed by atoms with Gasteiger partial charge in [-0.1, -0.05) is 6.07 Å². The Morgan fingerprint density at radius 2 is 1.92 bits per heavy atom. The molecule has 6 nitrogen and oxygen atoms in total. The minimum absolute atomic E-state index is 0.0417. The Morgan fingerprint density at radius 1 is 1.15 bits per heavy atom. The summed E-state index contributed by atoms with van der Waals surface area (Å²) >= 11 is 1.40. The average Bonchev–Trinajstić information content (AvgIpc) is 3.22. The third-order valence-corrected chi connectivity index (χ3v) is 5.13.